The quantitative estimate of drug-likeness (QED) is 0.295. The molecule has 37 heavy (non-hydrogen) atoms. The van der Waals surface area contributed by atoms with Gasteiger partial charge in [0.2, 0.25) is 0 Å². The summed E-state index contributed by atoms with van der Waals surface area (Å²) < 4.78 is 36.4. The van der Waals surface area contributed by atoms with Crippen molar-refractivity contribution in [3.63, 3.8) is 0 Å². The number of carbonyl (C=O) groups excluding carboxylic acids is 2. The second-order valence-corrected chi connectivity index (χ2v) is 10.0. The van der Waals surface area contributed by atoms with E-state index in [1.807, 2.05) is 0 Å². The van der Waals surface area contributed by atoms with Crippen LogP contribution < -0.4 is 14.8 Å². The molecular weight excluding hydrogens is 569 g/mol. The predicted molar refractivity (Wildman–Crippen MR) is 146 cm³/mol. The lowest BCUT2D eigenvalue weighted by molar-refractivity contribution is 0.0523. The van der Waals surface area contributed by atoms with E-state index in [1.54, 1.807) is 45.2 Å². The van der Waals surface area contributed by atoms with Crippen molar-refractivity contribution in [2.45, 2.75) is 32.9 Å². The van der Waals surface area contributed by atoms with Crippen molar-refractivity contribution in [1.82, 2.24) is 5.32 Å². The van der Waals surface area contributed by atoms with Crippen LogP contribution in [0.1, 0.15) is 31.9 Å². The van der Waals surface area contributed by atoms with Gasteiger partial charge in [-0.2, -0.15) is 4.99 Å². The highest BCUT2D eigenvalue weighted by molar-refractivity contribution is 9.10. The molecule has 200 valence electrons. The molecule has 0 spiro atoms. The van der Waals surface area contributed by atoms with E-state index >= 15 is 4.39 Å². The molecule has 2 amide bonds. The molecule has 2 aromatic carbocycles. The highest BCUT2D eigenvalue weighted by Gasteiger charge is 2.22. The Balaban J connectivity index is 2.61. The second-order valence-electron chi connectivity index (χ2n) is 8.37. The lowest BCUT2D eigenvalue weighted by Crippen LogP contribution is -2.32. The molecule has 12 heteroatoms. The standard InChI is InChI=1S/C25H29BrFN3O6S/c1-25(2,3)36-23(31)28-13-14-10-15(8-9-17(14)26)29-21(22(37-7)30-24(32)35-6)16-11-19(33-4)20(34-5)12-18(16)27/h8-12H,13H2,1-7H3,(H,28,31). The smallest absolute Gasteiger partial charge is 0.434 e. The SMILES string of the molecule is COC(=O)N=C(SC)C(=Nc1ccc(Br)c(CNC(=O)OC(C)(C)C)c1)c1cc(OC)c(OC)cc1F. The fourth-order valence-corrected chi connectivity index (χ4v) is 3.86. The van der Waals surface area contributed by atoms with Gasteiger partial charge in [0, 0.05) is 22.6 Å². The monoisotopic (exact) mass is 597 g/mol. The minimum atomic E-state index is -0.865. The van der Waals surface area contributed by atoms with Gasteiger partial charge >= 0.3 is 12.2 Å². The van der Waals surface area contributed by atoms with Crippen LogP contribution in [0.15, 0.2) is 44.8 Å². The Hall–Kier alpha value is -3.12. The number of amides is 2. The first-order chi connectivity index (χ1) is 17.4. The maximum Gasteiger partial charge on any atom is 0.434 e. The molecule has 0 saturated heterocycles. The summed E-state index contributed by atoms with van der Waals surface area (Å²) >= 11 is 4.56. The van der Waals surface area contributed by atoms with E-state index < -0.39 is 23.6 Å². The number of hydrogen-bond donors (Lipinski definition) is 1. The van der Waals surface area contributed by atoms with Crippen molar-refractivity contribution >= 4 is 56.3 Å². The zero-order chi connectivity index (χ0) is 27.8. The molecule has 0 saturated carbocycles. The molecule has 0 aliphatic rings. The largest absolute Gasteiger partial charge is 0.493 e. The van der Waals surface area contributed by atoms with Crippen LogP contribution in [0.25, 0.3) is 0 Å². The van der Waals surface area contributed by atoms with Gasteiger partial charge in [0.05, 0.1) is 27.0 Å². The van der Waals surface area contributed by atoms with Gasteiger partial charge in [-0.15, -0.1) is 11.8 Å². The van der Waals surface area contributed by atoms with Crippen LogP contribution in [0.4, 0.5) is 19.7 Å². The van der Waals surface area contributed by atoms with Crippen molar-refractivity contribution < 1.29 is 32.9 Å². The molecule has 0 atom stereocenters. The summed E-state index contributed by atoms with van der Waals surface area (Å²) in [5.74, 6) is -0.201. The Labute approximate surface area is 228 Å². The van der Waals surface area contributed by atoms with Crippen LogP contribution in [-0.4, -0.2) is 56.1 Å². The van der Waals surface area contributed by atoms with Crippen LogP contribution in [0, 0.1) is 5.82 Å². The Morgan fingerprint density at radius 1 is 1.08 bits per heavy atom. The summed E-state index contributed by atoms with van der Waals surface area (Å²) in [4.78, 5) is 32.6. The number of alkyl carbamates (subject to hydrolysis) is 1. The fraction of sp³-hybridized carbons (Fsp3) is 0.360. The maximum absolute atomic E-state index is 15.2. The highest BCUT2D eigenvalue weighted by Crippen LogP contribution is 2.32. The number of nitrogens with zero attached hydrogens (tertiary/aromatic N) is 2. The van der Waals surface area contributed by atoms with Gasteiger partial charge in [0.25, 0.3) is 0 Å². The molecule has 0 unspecified atom stereocenters. The third-order valence-electron chi connectivity index (χ3n) is 4.58. The van der Waals surface area contributed by atoms with E-state index in [1.165, 1.54) is 27.4 Å². The van der Waals surface area contributed by atoms with Crippen molar-refractivity contribution in [1.29, 1.82) is 0 Å². The number of benzene rings is 2. The molecular formula is C25H29BrFN3O6S. The lowest BCUT2D eigenvalue weighted by Gasteiger charge is -2.20. The average Bonchev–Trinajstić information content (AvgIpc) is 2.84. The number of carbonyl (C=O) groups is 2. The first kappa shape index (κ1) is 30.1. The first-order valence-corrected chi connectivity index (χ1v) is 12.9. The van der Waals surface area contributed by atoms with Crippen LogP contribution in [-0.2, 0) is 16.0 Å². The molecule has 0 bridgehead atoms. The molecule has 2 rings (SSSR count). The predicted octanol–water partition coefficient (Wildman–Crippen LogP) is 6.28. The molecule has 0 aliphatic heterocycles. The first-order valence-electron chi connectivity index (χ1n) is 10.9. The summed E-state index contributed by atoms with van der Waals surface area (Å²) in [6.45, 7) is 5.45. The van der Waals surface area contributed by atoms with Gasteiger partial charge in [0.1, 0.15) is 22.2 Å². The Morgan fingerprint density at radius 3 is 2.30 bits per heavy atom. The zero-order valence-electron chi connectivity index (χ0n) is 21.6. The van der Waals surface area contributed by atoms with Gasteiger partial charge in [-0.25, -0.2) is 19.0 Å². The van der Waals surface area contributed by atoms with Crippen molar-refractivity contribution in [3.8, 4) is 11.5 Å². The third-order valence-corrected chi connectivity index (χ3v) is 6.03. The van der Waals surface area contributed by atoms with E-state index in [-0.39, 0.29) is 34.4 Å². The molecule has 0 fully saturated rings. The molecule has 0 aliphatic carbocycles. The number of hydrogen-bond acceptors (Lipinski definition) is 8. The summed E-state index contributed by atoms with van der Waals surface area (Å²) in [5.41, 5.74) is 0.574. The van der Waals surface area contributed by atoms with E-state index in [4.69, 9.17) is 14.2 Å². The second kappa shape index (κ2) is 13.4. The number of halogens is 2. The van der Waals surface area contributed by atoms with E-state index in [9.17, 15) is 9.59 Å². The topological polar surface area (TPSA) is 108 Å². The fourth-order valence-electron chi connectivity index (χ4n) is 2.96. The normalized spacial score (nSPS) is 12.1. The van der Waals surface area contributed by atoms with Crippen molar-refractivity contribution in [2.24, 2.45) is 9.98 Å². The van der Waals surface area contributed by atoms with Crippen molar-refractivity contribution in [3.05, 3.63) is 51.7 Å². The maximum atomic E-state index is 15.2. The third kappa shape index (κ3) is 8.74. The van der Waals surface area contributed by atoms with Gasteiger partial charge in [0.15, 0.2) is 11.5 Å². The zero-order valence-corrected chi connectivity index (χ0v) is 24.0. The number of rotatable bonds is 7. The lowest BCUT2D eigenvalue weighted by atomic mass is 10.1. The van der Waals surface area contributed by atoms with E-state index in [0.29, 0.717) is 11.3 Å². The van der Waals surface area contributed by atoms with Crippen LogP contribution in [0.3, 0.4) is 0 Å². The van der Waals surface area contributed by atoms with Crippen LogP contribution in [0.2, 0.25) is 0 Å². The summed E-state index contributed by atoms with van der Waals surface area (Å²) in [5, 5.41) is 2.81. The molecule has 1 N–H and O–H groups in total. The average molecular weight is 598 g/mol. The number of thioether (sulfide) groups is 1. The Kier molecular flexibility index (Phi) is 10.9. The van der Waals surface area contributed by atoms with E-state index in [0.717, 1.165) is 22.3 Å². The Bertz CT molecular complexity index is 1210. The number of nitrogens with one attached hydrogen (secondary N) is 1. The molecule has 9 nitrogen and oxygen atoms in total. The summed E-state index contributed by atoms with van der Waals surface area (Å²) in [6, 6.07) is 7.72. The van der Waals surface area contributed by atoms with Crippen LogP contribution in [0.5, 0.6) is 11.5 Å². The number of aliphatic imine (C=N–C) groups is 2. The molecule has 0 radical (unpaired) electrons. The highest BCUT2D eigenvalue weighted by atomic mass is 79.9. The van der Waals surface area contributed by atoms with Crippen LogP contribution >= 0.6 is 27.7 Å². The molecule has 0 heterocycles. The summed E-state index contributed by atoms with van der Waals surface area (Å²) in [7, 11) is 4.01. The molecule has 0 aromatic heterocycles. The Morgan fingerprint density at radius 2 is 1.73 bits per heavy atom. The number of ether oxygens (including phenoxy) is 4. The number of methoxy groups -OCH3 is 3. The minimum absolute atomic E-state index is 0.0333. The van der Waals surface area contributed by atoms with Gasteiger partial charge in [-0.1, -0.05) is 15.9 Å². The molecule has 2 aromatic rings. The summed E-state index contributed by atoms with van der Waals surface area (Å²) in [6.07, 6.45) is 0.237. The van der Waals surface area contributed by atoms with Crippen molar-refractivity contribution in [2.75, 3.05) is 27.6 Å². The minimum Gasteiger partial charge on any atom is -0.493 e. The van der Waals surface area contributed by atoms with Gasteiger partial charge in [-0.3, -0.25) is 0 Å². The van der Waals surface area contributed by atoms with Gasteiger partial charge < -0.3 is 24.3 Å². The van der Waals surface area contributed by atoms with Gasteiger partial charge in [-0.05, 0) is 56.9 Å². The van der Waals surface area contributed by atoms with E-state index in [2.05, 4.69) is 36.0 Å².